The van der Waals surface area contributed by atoms with Gasteiger partial charge in [0.25, 0.3) is 0 Å². The summed E-state index contributed by atoms with van der Waals surface area (Å²) in [6.45, 7) is 7.87. The summed E-state index contributed by atoms with van der Waals surface area (Å²) >= 11 is 0. The highest BCUT2D eigenvalue weighted by Crippen LogP contribution is 2.40. The molecule has 3 aromatic carbocycles. The molecule has 5 rings (SSSR count). The lowest BCUT2D eigenvalue weighted by atomic mass is 9.70. The van der Waals surface area contributed by atoms with Gasteiger partial charge in [0.15, 0.2) is 17.3 Å². The Kier molecular flexibility index (Phi) is 14.9. The molecule has 5 unspecified atom stereocenters. The Bertz CT molecular complexity index is 2090. The van der Waals surface area contributed by atoms with Gasteiger partial charge in [0.2, 0.25) is 5.91 Å². The van der Waals surface area contributed by atoms with Gasteiger partial charge >= 0.3 is 0 Å². The molecule has 314 valence electrons. The minimum atomic E-state index is -1.80. The number of nitrogens with one attached hydrogen (secondary N) is 2. The van der Waals surface area contributed by atoms with E-state index in [9.17, 15) is 29.7 Å². The molecular formula is C44H60N6O8. The Labute approximate surface area is 339 Å². The molecule has 0 spiro atoms. The van der Waals surface area contributed by atoms with E-state index < -0.39 is 72.0 Å². The number of nitrogens with zero attached hydrogens (tertiary/aromatic N) is 1. The molecule has 1 aliphatic rings. The van der Waals surface area contributed by atoms with Crippen LogP contribution < -0.4 is 27.3 Å². The van der Waals surface area contributed by atoms with Crippen LogP contribution in [0.2, 0.25) is 0 Å². The quantitative estimate of drug-likeness (QED) is 0.0618. The van der Waals surface area contributed by atoms with E-state index in [-0.39, 0.29) is 46.7 Å². The average molecular weight is 801 g/mol. The van der Waals surface area contributed by atoms with Gasteiger partial charge in [0.05, 0.1) is 60.0 Å². The van der Waals surface area contributed by atoms with Crippen LogP contribution in [0.1, 0.15) is 99.7 Å². The molecule has 14 heteroatoms. The zero-order chi connectivity index (χ0) is 42.4. The normalized spacial score (nSPS) is 17.9. The van der Waals surface area contributed by atoms with E-state index >= 15 is 4.79 Å². The summed E-state index contributed by atoms with van der Waals surface area (Å²) in [5.41, 5.74) is 19.1. The number of aliphatic hydroxyl groups excluding tert-OH is 3. The number of imidazole rings is 1. The highest BCUT2D eigenvalue weighted by Gasteiger charge is 2.45. The van der Waals surface area contributed by atoms with E-state index in [1.807, 2.05) is 44.2 Å². The highest BCUT2D eigenvalue weighted by molar-refractivity contribution is 6.17. The number of fused-ring (bicyclic) bond motifs is 2. The molecule has 58 heavy (non-hydrogen) atoms. The molecule has 0 bridgehead atoms. The maximum atomic E-state index is 15.2. The van der Waals surface area contributed by atoms with E-state index in [0.717, 1.165) is 30.0 Å². The largest absolute Gasteiger partial charge is 0.456 e. The maximum absolute atomic E-state index is 15.2. The lowest BCUT2D eigenvalue weighted by Gasteiger charge is -2.39. The third-order valence-corrected chi connectivity index (χ3v) is 11.9. The first-order valence-corrected chi connectivity index (χ1v) is 20.4. The van der Waals surface area contributed by atoms with Gasteiger partial charge < -0.3 is 47.6 Å². The van der Waals surface area contributed by atoms with Crippen LogP contribution in [0.3, 0.4) is 0 Å². The average Bonchev–Trinajstić information content (AvgIpc) is 3.63. The minimum Gasteiger partial charge on any atom is -0.456 e. The van der Waals surface area contributed by atoms with Gasteiger partial charge in [-0.25, -0.2) is 4.98 Å². The van der Waals surface area contributed by atoms with Crippen molar-refractivity contribution >= 4 is 45.1 Å². The number of H-pyrrole nitrogens is 1. The number of hydrogen-bond donors (Lipinski definition) is 8. The fourth-order valence-electron chi connectivity index (χ4n) is 8.37. The van der Waals surface area contributed by atoms with Crippen molar-refractivity contribution in [3.8, 4) is 11.5 Å². The maximum Gasteiger partial charge on any atom is 0.237 e. The van der Waals surface area contributed by atoms with Crippen molar-refractivity contribution in [2.45, 2.75) is 110 Å². The van der Waals surface area contributed by atoms with E-state index in [1.54, 1.807) is 32.0 Å². The number of ketones is 3. The van der Waals surface area contributed by atoms with Crippen molar-refractivity contribution < 1.29 is 39.2 Å². The van der Waals surface area contributed by atoms with Crippen LogP contribution in [0.15, 0.2) is 48.5 Å². The highest BCUT2D eigenvalue weighted by atomic mass is 16.5. The predicted molar refractivity (Wildman–Crippen MR) is 222 cm³/mol. The number of nitrogens with two attached hydrogens (primary N) is 3. The van der Waals surface area contributed by atoms with Crippen molar-refractivity contribution in [2.75, 3.05) is 6.61 Å². The van der Waals surface area contributed by atoms with Crippen LogP contribution in [0, 0.1) is 29.6 Å². The number of carbonyl (C=O) groups excluding carboxylic acids is 4. The third-order valence-electron chi connectivity index (χ3n) is 11.9. The molecule has 0 radical (unpaired) electrons. The zero-order valence-electron chi connectivity index (χ0n) is 34.1. The number of hydrogen-bond acceptors (Lipinski definition) is 12. The van der Waals surface area contributed by atoms with Crippen molar-refractivity contribution in [3.63, 3.8) is 0 Å². The Morgan fingerprint density at radius 3 is 2.24 bits per heavy atom. The summed E-state index contributed by atoms with van der Waals surface area (Å²) in [5, 5.41) is 38.0. The number of Topliss-reactive ketones (excluding diaryl/α,β-unsaturated/α-hetero) is 3. The van der Waals surface area contributed by atoms with Crippen LogP contribution in [0.25, 0.3) is 21.8 Å². The summed E-state index contributed by atoms with van der Waals surface area (Å²) in [7, 11) is 0. The summed E-state index contributed by atoms with van der Waals surface area (Å²) in [5.74, 6) is -4.66. The van der Waals surface area contributed by atoms with Crippen molar-refractivity contribution in [3.05, 3.63) is 65.5 Å². The molecule has 1 amide bonds. The predicted octanol–water partition coefficient (Wildman–Crippen LogP) is 4.29. The molecule has 1 saturated carbocycles. The number of aliphatic hydroxyl groups is 3. The van der Waals surface area contributed by atoms with Gasteiger partial charge in [-0.2, -0.15) is 0 Å². The molecule has 1 heterocycles. The molecule has 8 atom stereocenters. The van der Waals surface area contributed by atoms with Gasteiger partial charge in [-0.15, -0.1) is 0 Å². The Hall–Kier alpha value is -4.57. The number of amides is 1. The molecule has 0 saturated heterocycles. The second kappa shape index (κ2) is 19.5. The van der Waals surface area contributed by atoms with E-state index in [0.29, 0.717) is 36.4 Å². The van der Waals surface area contributed by atoms with Crippen LogP contribution in [0.4, 0.5) is 0 Å². The van der Waals surface area contributed by atoms with Gasteiger partial charge in [-0.05, 0) is 49.0 Å². The lowest BCUT2D eigenvalue weighted by molar-refractivity contribution is -0.131. The molecule has 1 aliphatic carbocycles. The molecule has 14 nitrogen and oxygen atoms in total. The summed E-state index contributed by atoms with van der Waals surface area (Å²) in [4.78, 5) is 63.2. The van der Waals surface area contributed by atoms with E-state index in [4.69, 9.17) is 21.9 Å². The van der Waals surface area contributed by atoms with Crippen molar-refractivity contribution in [1.82, 2.24) is 15.3 Å². The number of carbonyl (C=O) groups is 4. The third kappa shape index (κ3) is 9.48. The number of aromatic nitrogens is 2. The molecule has 0 aliphatic heterocycles. The van der Waals surface area contributed by atoms with Crippen LogP contribution in [0.5, 0.6) is 11.5 Å². The fraction of sp³-hybridized carbons (Fsp3) is 0.523. The lowest BCUT2D eigenvalue weighted by Crippen LogP contribution is -2.58. The number of rotatable bonds is 19. The molecule has 1 fully saturated rings. The Balaban J connectivity index is 1.62. The van der Waals surface area contributed by atoms with Crippen LogP contribution >= 0.6 is 0 Å². The fourth-order valence-corrected chi connectivity index (χ4v) is 8.37. The summed E-state index contributed by atoms with van der Waals surface area (Å²) in [6.07, 6.45) is 1.15. The zero-order valence-corrected chi connectivity index (χ0v) is 34.1. The topological polar surface area (TPSA) is 257 Å². The van der Waals surface area contributed by atoms with Gasteiger partial charge in [-0.3, -0.25) is 19.2 Å². The van der Waals surface area contributed by atoms with Gasteiger partial charge in [-0.1, -0.05) is 89.8 Å². The number of ether oxygens (including phenoxy) is 1. The van der Waals surface area contributed by atoms with E-state index in [1.165, 1.54) is 6.92 Å². The summed E-state index contributed by atoms with van der Waals surface area (Å²) < 4.78 is 6.57. The second-order valence-electron chi connectivity index (χ2n) is 16.3. The molecule has 1 aromatic heterocycles. The summed E-state index contributed by atoms with van der Waals surface area (Å²) in [6, 6.07) is 11.2. The number of aromatic amines is 1. The first kappa shape index (κ1) is 44.5. The SMILES string of the molecule is CC[C@@H](C)[C@@H](N)C(=O)NCc1nc2c(C(C)=O)c(C(=O)C(C(C)C)C(O)C(O)C(N)C(C(=O)[C@@H](N)CO)C3CCCCC3)c(Oc3cccc4ccccc34)cc2[nH]1. The minimum absolute atomic E-state index is 0.00195. The standard InChI is InChI=1S/C44H60N6O8/c1-6-23(4)37(46)44(57)48-20-32-49-29-19-31(58-30-18-12-16-25-13-10-11-17-27(25)30)36(34(24(5)52)39(29)50-32)41(54)33(22(2)3)42(55)43(56)38(47)35(40(53)28(45)21-51)26-14-8-7-9-15-26/h10-13,16-19,22-23,26,28,33,35,37-38,42-43,51,55-56H,6-9,14-15,20-21,45-47H2,1-5H3,(H,48,57)(H,49,50)/t23-,28+,33?,35?,37-,38?,42?,43?/m1/s1. The van der Waals surface area contributed by atoms with Crippen molar-refractivity contribution in [1.29, 1.82) is 0 Å². The Morgan fingerprint density at radius 2 is 1.60 bits per heavy atom. The second-order valence-corrected chi connectivity index (χ2v) is 16.3. The van der Waals surface area contributed by atoms with Crippen LogP contribution in [-0.4, -0.2) is 85.5 Å². The van der Waals surface area contributed by atoms with Crippen LogP contribution in [-0.2, 0) is 16.1 Å². The molecular weight excluding hydrogens is 741 g/mol. The smallest absolute Gasteiger partial charge is 0.237 e. The number of benzene rings is 3. The van der Waals surface area contributed by atoms with Gasteiger partial charge in [0.1, 0.15) is 22.8 Å². The van der Waals surface area contributed by atoms with Crippen molar-refractivity contribution in [2.24, 2.45) is 46.8 Å². The molecule has 4 aromatic rings. The molecule has 11 N–H and O–H groups in total. The monoisotopic (exact) mass is 800 g/mol. The Morgan fingerprint density at radius 1 is 0.931 bits per heavy atom. The van der Waals surface area contributed by atoms with E-state index in [2.05, 4.69) is 15.3 Å². The first-order chi connectivity index (χ1) is 27.6. The van der Waals surface area contributed by atoms with Gasteiger partial charge in [0, 0.05) is 23.4 Å². The first-order valence-electron chi connectivity index (χ1n) is 20.4.